The van der Waals surface area contributed by atoms with Crippen LogP contribution >= 0.6 is 0 Å². The highest BCUT2D eigenvalue weighted by Crippen LogP contribution is 2.18. The fraction of sp³-hybridized carbons (Fsp3) is 0.500. The van der Waals surface area contributed by atoms with Crippen LogP contribution in [0.15, 0.2) is 12.1 Å². The Morgan fingerprint density at radius 2 is 2.31 bits per heavy atom. The molecule has 70 valence electrons. The third-order valence-electron chi connectivity index (χ3n) is 2.00. The highest BCUT2D eigenvalue weighted by Gasteiger charge is 2.23. The van der Waals surface area contributed by atoms with Gasteiger partial charge in [0.15, 0.2) is 0 Å². The first-order valence-corrected chi connectivity index (χ1v) is 4.44. The Kier molecular flexibility index (Phi) is 2.19. The molecular formula is C10H13NO2. The lowest BCUT2D eigenvalue weighted by molar-refractivity contribution is 0.261. The molecule has 1 saturated heterocycles. The number of ether oxygens (including phenoxy) is 2. The summed E-state index contributed by atoms with van der Waals surface area (Å²) >= 11 is 0. The second kappa shape index (κ2) is 3.34. The lowest BCUT2D eigenvalue weighted by Crippen LogP contribution is -2.05. The van der Waals surface area contributed by atoms with Gasteiger partial charge in [-0.2, -0.15) is 0 Å². The first-order chi connectivity index (χ1) is 6.25. The molecule has 0 spiro atoms. The molecule has 1 aliphatic rings. The van der Waals surface area contributed by atoms with Crippen LogP contribution < -0.4 is 4.74 Å². The van der Waals surface area contributed by atoms with Crippen LogP contribution in [0.4, 0.5) is 0 Å². The normalized spacial score (nSPS) is 20.0. The zero-order valence-corrected chi connectivity index (χ0v) is 7.91. The van der Waals surface area contributed by atoms with Crippen LogP contribution in [0.25, 0.3) is 0 Å². The van der Waals surface area contributed by atoms with E-state index >= 15 is 0 Å². The minimum absolute atomic E-state index is 0.306. The van der Waals surface area contributed by atoms with Crippen molar-refractivity contribution >= 4 is 0 Å². The summed E-state index contributed by atoms with van der Waals surface area (Å²) in [6.07, 6.45) is 0.306. The first kappa shape index (κ1) is 8.51. The van der Waals surface area contributed by atoms with Crippen molar-refractivity contribution in [3.63, 3.8) is 0 Å². The quantitative estimate of drug-likeness (QED) is 0.659. The SMILES string of the molecule is Cc1ccc(OC[C@@H]2CO2)c(C)n1. The van der Waals surface area contributed by atoms with Crippen LogP contribution in [0.1, 0.15) is 11.4 Å². The van der Waals surface area contributed by atoms with Crippen LogP contribution in [0.2, 0.25) is 0 Å². The van der Waals surface area contributed by atoms with Crippen LogP contribution in [0, 0.1) is 13.8 Å². The van der Waals surface area contributed by atoms with Gasteiger partial charge in [0.1, 0.15) is 18.5 Å². The van der Waals surface area contributed by atoms with E-state index in [1.807, 2.05) is 26.0 Å². The van der Waals surface area contributed by atoms with Crippen molar-refractivity contribution in [3.05, 3.63) is 23.5 Å². The minimum Gasteiger partial charge on any atom is -0.489 e. The Morgan fingerprint density at radius 1 is 1.54 bits per heavy atom. The van der Waals surface area contributed by atoms with Gasteiger partial charge in [0.25, 0.3) is 0 Å². The van der Waals surface area contributed by atoms with Gasteiger partial charge in [0.05, 0.1) is 12.3 Å². The average Bonchev–Trinajstić information content (AvgIpc) is 2.86. The molecule has 0 N–H and O–H groups in total. The fourth-order valence-electron chi connectivity index (χ4n) is 1.17. The molecule has 0 radical (unpaired) electrons. The van der Waals surface area contributed by atoms with E-state index < -0.39 is 0 Å². The van der Waals surface area contributed by atoms with Crippen molar-refractivity contribution in [1.29, 1.82) is 0 Å². The largest absolute Gasteiger partial charge is 0.489 e. The van der Waals surface area contributed by atoms with Gasteiger partial charge in [-0.1, -0.05) is 0 Å². The van der Waals surface area contributed by atoms with Gasteiger partial charge in [0.2, 0.25) is 0 Å². The van der Waals surface area contributed by atoms with Crippen molar-refractivity contribution in [3.8, 4) is 5.75 Å². The lowest BCUT2D eigenvalue weighted by Gasteiger charge is -2.06. The number of aryl methyl sites for hydroxylation is 2. The summed E-state index contributed by atoms with van der Waals surface area (Å²) in [6.45, 7) is 5.40. The zero-order chi connectivity index (χ0) is 9.26. The van der Waals surface area contributed by atoms with E-state index in [1.54, 1.807) is 0 Å². The van der Waals surface area contributed by atoms with Gasteiger partial charge in [-0.15, -0.1) is 0 Å². The Balaban J connectivity index is 2.01. The molecule has 1 aromatic rings. The van der Waals surface area contributed by atoms with E-state index in [2.05, 4.69) is 4.98 Å². The molecule has 0 unspecified atom stereocenters. The van der Waals surface area contributed by atoms with E-state index in [-0.39, 0.29) is 0 Å². The Hall–Kier alpha value is -1.09. The number of rotatable bonds is 3. The molecule has 0 saturated carbocycles. The van der Waals surface area contributed by atoms with Crippen LogP contribution in [0.3, 0.4) is 0 Å². The lowest BCUT2D eigenvalue weighted by atomic mass is 10.3. The van der Waals surface area contributed by atoms with Gasteiger partial charge < -0.3 is 9.47 Å². The summed E-state index contributed by atoms with van der Waals surface area (Å²) in [7, 11) is 0. The molecule has 2 rings (SSSR count). The summed E-state index contributed by atoms with van der Waals surface area (Å²) in [6, 6.07) is 3.91. The molecule has 1 aliphatic heterocycles. The number of pyridine rings is 1. The maximum Gasteiger partial charge on any atom is 0.140 e. The number of hydrogen-bond acceptors (Lipinski definition) is 3. The van der Waals surface area contributed by atoms with Gasteiger partial charge in [-0.3, -0.25) is 4.98 Å². The fourth-order valence-corrected chi connectivity index (χ4v) is 1.17. The van der Waals surface area contributed by atoms with E-state index in [9.17, 15) is 0 Å². The summed E-state index contributed by atoms with van der Waals surface area (Å²) in [5.74, 6) is 0.862. The molecule has 3 heteroatoms. The van der Waals surface area contributed by atoms with E-state index in [4.69, 9.17) is 9.47 Å². The highest BCUT2D eigenvalue weighted by atomic mass is 16.6. The maximum absolute atomic E-state index is 5.53. The average molecular weight is 179 g/mol. The molecule has 0 bridgehead atoms. The van der Waals surface area contributed by atoms with Crippen molar-refractivity contribution in [2.45, 2.75) is 20.0 Å². The first-order valence-electron chi connectivity index (χ1n) is 4.44. The molecule has 2 heterocycles. The topological polar surface area (TPSA) is 34.6 Å². The third-order valence-corrected chi connectivity index (χ3v) is 2.00. The molecule has 1 aromatic heterocycles. The maximum atomic E-state index is 5.53. The Morgan fingerprint density at radius 3 is 2.92 bits per heavy atom. The van der Waals surface area contributed by atoms with Crippen molar-refractivity contribution in [2.75, 3.05) is 13.2 Å². The third kappa shape index (κ3) is 2.18. The number of hydrogen-bond donors (Lipinski definition) is 0. The number of epoxide rings is 1. The Labute approximate surface area is 77.7 Å². The summed E-state index contributed by atoms with van der Waals surface area (Å²) in [5.41, 5.74) is 1.97. The summed E-state index contributed by atoms with van der Waals surface area (Å²) < 4.78 is 10.6. The predicted molar refractivity (Wildman–Crippen MR) is 48.9 cm³/mol. The zero-order valence-electron chi connectivity index (χ0n) is 7.91. The predicted octanol–water partition coefficient (Wildman–Crippen LogP) is 1.48. The van der Waals surface area contributed by atoms with E-state index in [1.165, 1.54) is 0 Å². The molecule has 13 heavy (non-hydrogen) atoms. The number of aromatic nitrogens is 1. The summed E-state index contributed by atoms with van der Waals surface area (Å²) in [4.78, 5) is 4.31. The van der Waals surface area contributed by atoms with Gasteiger partial charge in [-0.25, -0.2) is 0 Å². The second-order valence-electron chi connectivity index (χ2n) is 3.30. The minimum atomic E-state index is 0.306. The second-order valence-corrected chi connectivity index (χ2v) is 3.30. The Bertz CT molecular complexity index is 308. The monoisotopic (exact) mass is 179 g/mol. The smallest absolute Gasteiger partial charge is 0.140 e. The van der Waals surface area contributed by atoms with Gasteiger partial charge in [-0.05, 0) is 26.0 Å². The highest BCUT2D eigenvalue weighted by molar-refractivity contribution is 5.27. The molecule has 3 nitrogen and oxygen atoms in total. The molecule has 0 aliphatic carbocycles. The van der Waals surface area contributed by atoms with E-state index in [0.717, 1.165) is 23.7 Å². The van der Waals surface area contributed by atoms with Crippen LogP contribution in [-0.4, -0.2) is 24.3 Å². The van der Waals surface area contributed by atoms with Crippen molar-refractivity contribution < 1.29 is 9.47 Å². The standard InChI is InChI=1S/C10H13NO2/c1-7-3-4-10(8(2)11-7)13-6-9-5-12-9/h3-4,9H,5-6H2,1-2H3/t9-/m0/s1. The molecule has 0 amide bonds. The molecule has 1 atom stereocenters. The molecule has 1 fully saturated rings. The van der Waals surface area contributed by atoms with Crippen molar-refractivity contribution in [2.24, 2.45) is 0 Å². The van der Waals surface area contributed by atoms with Crippen LogP contribution in [-0.2, 0) is 4.74 Å². The van der Waals surface area contributed by atoms with Crippen LogP contribution in [0.5, 0.6) is 5.75 Å². The number of nitrogens with zero attached hydrogens (tertiary/aromatic N) is 1. The van der Waals surface area contributed by atoms with Gasteiger partial charge in [0, 0.05) is 5.69 Å². The van der Waals surface area contributed by atoms with Crippen molar-refractivity contribution in [1.82, 2.24) is 4.98 Å². The van der Waals surface area contributed by atoms with E-state index in [0.29, 0.717) is 12.7 Å². The molecule has 0 aromatic carbocycles. The summed E-state index contributed by atoms with van der Waals surface area (Å²) in [5, 5.41) is 0. The molecular weight excluding hydrogens is 166 g/mol. The van der Waals surface area contributed by atoms with Gasteiger partial charge >= 0.3 is 0 Å².